The Kier molecular flexibility index (Phi) is 6.52. The maximum atomic E-state index is 11.4. The molecule has 4 heteroatoms. The van der Waals surface area contributed by atoms with Gasteiger partial charge < -0.3 is 5.32 Å². The van der Waals surface area contributed by atoms with Crippen molar-refractivity contribution in [2.45, 2.75) is 39.7 Å². The summed E-state index contributed by atoms with van der Waals surface area (Å²) in [5.74, 6) is 0.434. The summed E-state index contributed by atoms with van der Waals surface area (Å²) in [7, 11) is -2.88. The summed E-state index contributed by atoms with van der Waals surface area (Å²) in [5, 5.41) is 3.33. The van der Waals surface area contributed by atoms with Crippen LogP contribution in [0.4, 0.5) is 0 Å². The average Bonchev–Trinajstić information content (AvgIpc) is 2.44. The van der Waals surface area contributed by atoms with E-state index in [0.717, 1.165) is 12.8 Å². The van der Waals surface area contributed by atoms with Crippen LogP contribution in [-0.2, 0) is 16.3 Å². The summed E-state index contributed by atoms with van der Waals surface area (Å²) in [6.07, 6.45) is 2.00. The molecule has 19 heavy (non-hydrogen) atoms. The van der Waals surface area contributed by atoms with Gasteiger partial charge >= 0.3 is 0 Å². The molecule has 0 heterocycles. The molecule has 1 rings (SSSR count). The van der Waals surface area contributed by atoms with Crippen molar-refractivity contribution in [2.24, 2.45) is 0 Å². The van der Waals surface area contributed by atoms with Crippen LogP contribution in [0.2, 0.25) is 0 Å². The number of sulfone groups is 1. The minimum Gasteiger partial charge on any atom is -0.309 e. The zero-order valence-electron chi connectivity index (χ0n) is 12.1. The van der Waals surface area contributed by atoms with Gasteiger partial charge in [-0.1, -0.05) is 45.0 Å². The van der Waals surface area contributed by atoms with E-state index >= 15 is 0 Å². The van der Waals surface area contributed by atoms with Gasteiger partial charge in [-0.05, 0) is 24.0 Å². The Morgan fingerprint density at radius 1 is 1.11 bits per heavy atom. The van der Waals surface area contributed by atoms with Gasteiger partial charge in [0, 0.05) is 18.3 Å². The lowest BCUT2D eigenvalue weighted by Gasteiger charge is -2.17. The summed E-state index contributed by atoms with van der Waals surface area (Å²) in [5.41, 5.74) is 2.56. The zero-order valence-corrected chi connectivity index (χ0v) is 13.0. The van der Waals surface area contributed by atoms with Crippen LogP contribution in [-0.4, -0.2) is 26.5 Å². The molecule has 108 valence electrons. The summed E-state index contributed by atoms with van der Waals surface area (Å²) in [6.45, 7) is 6.46. The zero-order chi connectivity index (χ0) is 14.3. The quantitative estimate of drug-likeness (QED) is 0.798. The van der Waals surface area contributed by atoms with Crippen molar-refractivity contribution >= 4 is 9.84 Å². The van der Waals surface area contributed by atoms with E-state index in [0.29, 0.717) is 6.54 Å². The molecule has 0 saturated carbocycles. The fraction of sp³-hybridized carbons (Fsp3) is 0.600. The minimum atomic E-state index is -2.88. The van der Waals surface area contributed by atoms with Crippen molar-refractivity contribution in [3.05, 3.63) is 35.4 Å². The maximum absolute atomic E-state index is 11.4. The van der Waals surface area contributed by atoms with Crippen molar-refractivity contribution < 1.29 is 8.42 Å². The third-order valence-corrected chi connectivity index (χ3v) is 5.15. The second-order valence-electron chi connectivity index (χ2n) is 4.75. The largest absolute Gasteiger partial charge is 0.309 e. The Morgan fingerprint density at radius 3 is 2.21 bits per heavy atom. The van der Waals surface area contributed by atoms with Gasteiger partial charge in [0.15, 0.2) is 9.84 Å². The van der Waals surface area contributed by atoms with Gasteiger partial charge in [0.25, 0.3) is 0 Å². The van der Waals surface area contributed by atoms with Crippen LogP contribution in [0, 0.1) is 0 Å². The number of rotatable bonds is 8. The Bertz CT molecular complexity index is 465. The SMILES string of the molecule is CCc1ccc(C(CC)NCCS(=O)(=O)CC)cc1. The van der Waals surface area contributed by atoms with Gasteiger partial charge in [0.2, 0.25) is 0 Å². The van der Waals surface area contributed by atoms with E-state index in [2.05, 4.69) is 43.4 Å². The average molecular weight is 283 g/mol. The van der Waals surface area contributed by atoms with Gasteiger partial charge in [-0.2, -0.15) is 0 Å². The smallest absolute Gasteiger partial charge is 0.151 e. The summed E-state index contributed by atoms with van der Waals surface area (Å²) >= 11 is 0. The Labute approximate surface area is 117 Å². The highest BCUT2D eigenvalue weighted by atomic mass is 32.2. The molecule has 0 fully saturated rings. The number of hydrogen-bond donors (Lipinski definition) is 1. The lowest BCUT2D eigenvalue weighted by atomic mass is 10.0. The lowest BCUT2D eigenvalue weighted by molar-refractivity contribution is 0.531. The van der Waals surface area contributed by atoms with Crippen molar-refractivity contribution in [2.75, 3.05) is 18.1 Å². The molecular formula is C15H25NO2S. The maximum Gasteiger partial charge on any atom is 0.151 e. The van der Waals surface area contributed by atoms with E-state index < -0.39 is 9.84 Å². The molecule has 0 aliphatic rings. The molecule has 0 aliphatic carbocycles. The number of benzene rings is 1. The van der Waals surface area contributed by atoms with E-state index in [1.165, 1.54) is 11.1 Å². The summed E-state index contributed by atoms with van der Waals surface area (Å²) in [4.78, 5) is 0. The topological polar surface area (TPSA) is 46.2 Å². The van der Waals surface area contributed by atoms with E-state index in [1.54, 1.807) is 6.92 Å². The molecule has 0 aliphatic heterocycles. The predicted molar refractivity (Wildman–Crippen MR) is 81.2 cm³/mol. The fourth-order valence-corrected chi connectivity index (χ4v) is 2.73. The summed E-state index contributed by atoms with van der Waals surface area (Å²) in [6, 6.07) is 8.78. The van der Waals surface area contributed by atoms with Crippen molar-refractivity contribution in [3.8, 4) is 0 Å². The second kappa shape index (κ2) is 7.65. The van der Waals surface area contributed by atoms with Gasteiger partial charge in [-0.25, -0.2) is 8.42 Å². The number of nitrogens with one attached hydrogen (secondary N) is 1. The second-order valence-corrected chi connectivity index (χ2v) is 7.22. The molecule has 1 atom stereocenters. The van der Waals surface area contributed by atoms with E-state index in [9.17, 15) is 8.42 Å². The monoisotopic (exact) mass is 283 g/mol. The molecule has 0 bridgehead atoms. The van der Waals surface area contributed by atoms with Crippen LogP contribution in [0.3, 0.4) is 0 Å². The highest BCUT2D eigenvalue weighted by Crippen LogP contribution is 2.17. The highest BCUT2D eigenvalue weighted by Gasteiger charge is 2.11. The lowest BCUT2D eigenvalue weighted by Crippen LogP contribution is -2.27. The standard InChI is InChI=1S/C15H25NO2S/c1-4-13-7-9-14(10-8-13)15(5-2)16-11-12-19(17,18)6-3/h7-10,15-16H,4-6,11-12H2,1-3H3. The Balaban J connectivity index is 2.57. The van der Waals surface area contributed by atoms with Gasteiger partial charge in [0.05, 0.1) is 5.75 Å². The first kappa shape index (κ1) is 16.2. The summed E-state index contributed by atoms with van der Waals surface area (Å²) < 4.78 is 22.9. The third-order valence-electron chi connectivity index (χ3n) is 3.44. The first-order valence-electron chi connectivity index (χ1n) is 7.05. The fourth-order valence-electron chi connectivity index (χ4n) is 2.02. The van der Waals surface area contributed by atoms with Crippen LogP contribution >= 0.6 is 0 Å². The number of aryl methyl sites for hydroxylation is 1. The molecule has 0 radical (unpaired) electrons. The molecule has 1 N–H and O–H groups in total. The molecule has 0 spiro atoms. The van der Waals surface area contributed by atoms with Gasteiger partial charge in [-0.15, -0.1) is 0 Å². The Hall–Kier alpha value is -0.870. The molecule has 1 unspecified atom stereocenters. The first-order chi connectivity index (χ1) is 9.02. The first-order valence-corrected chi connectivity index (χ1v) is 8.87. The van der Waals surface area contributed by atoms with Gasteiger partial charge in [0.1, 0.15) is 0 Å². The highest BCUT2D eigenvalue weighted by molar-refractivity contribution is 7.91. The normalized spacial score (nSPS) is 13.4. The minimum absolute atomic E-state index is 0.215. The van der Waals surface area contributed by atoms with Gasteiger partial charge in [-0.3, -0.25) is 0 Å². The van der Waals surface area contributed by atoms with Crippen molar-refractivity contribution in [3.63, 3.8) is 0 Å². The molecule has 0 saturated heterocycles. The van der Waals surface area contributed by atoms with Crippen molar-refractivity contribution in [1.29, 1.82) is 0 Å². The van der Waals surface area contributed by atoms with Crippen LogP contribution in [0.5, 0.6) is 0 Å². The molecule has 0 aromatic heterocycles. The van der Waals surface area contributed by atoms with Crippen LogP contribution in [0.15, 0.2) is 24.3 Å². The molecular weight excluding hydrogens is 258 g/mol. The predicted octanol–water partition coefficient (Wildman–Crippen LogP) is 2.72. The third kappa shape index (κ3) is 5.33. The molecule has 1 aromatic rings. The van der Waals surface area contributed by atoms with Crippen LogP contribution in [0.25, 0.3) is 0 Å². The van der Waals surface area contributed by atoms with E-state index in [4.69, 9.17) is 0 Å². The molecule has 3 nitrogen and oxygen atoms in total. The molecule has 0 amide bonds. The van der Waals surface area contributed by atoms with Crippen LogP contribution in [0.1, 0.15) is 44.4 Å². The van der Waals surface area contributed by atoms with Crippen LogP contribution < -0.4 is 5.32 Å². The van der Waals surface area contributed by atoms with Crippen molar-refractivity contribution in [1.82, 2.24) is 5.32 Å². The van der Waals surface area contributed by atoms with E-state index in [-0.39, 0.29) is 17.5 Å². The Morgan fingerprint density at radius 2 is 1.74 bits per heavy atom. The molecule has 1 aromatic carbocycles. The number of hydrogen-bond acceptors (Lipinski definition) is 3. The van der Waals surface area contributed by atoms with E-state index in [1.807, 2.05) is 0 Å².